The van der Waals surface area contributed by atoms with Gasteiger partial charge < -0.3 is 15.2 Å². The minimum Gasteiger partial charge on any atom is -0.469 e. The molecule has 1 heterocycles. The van der Waals surface area contributed by atoms with Gasteiger partial charge in [0, 0.05) is 19.0 Å². The first-order valence-corrected chi connectivity index (χ1v) is 6.35. The Morgan fingerprint density at radius 3 is 2.94 bits per heavy atom. The number of esters is 1. The number of rotatable bonds is 7. The number of amides is 1. The predicted molar refractivity (Wildman–Crippen MR) is 65.9 cm³/mol. The van der Waals surface area contributed by atoms with Crippen LogP contribution in [-0.2, 0) is 14.3 Å². The van der Waals surface area contributed by atoms with E-state index in [-0.39, 0.29) is 24.5 Å². The Morgan fingerprint density at radius 1 is 1.50 bits per heavy atom. The van der Waals surface area contributed by atoms with Crippen LogP contribution in [0.3, 0.4) is 0 Å². The lowest BCUT2D eigenvalue weighted by atomic mass is 10.2. The molecule has 1 aliphatic rings. The quantitative estimate of drug-likeness (QED) is 0.476. The van der Waals surface area contributed by atoms with Crippen LogP contribution >= 0.6 is 0 Å². The van der Waals surface area contributed by atoms with Crippen LogP contribution in [-0.4, -0.2) is 61.3 Å². The highest BCUT2D eigenvalue weighted by molar-refractivity contribution is 5.78. The zero-order valence-electron chi connectivity index (χ0n) is 10.9. The van der Waals surface area contributed by atoms with Crippen molar-refractivity contribution in [1.82, 2.24) is 10.2 Å². The van der Waals surface area contributed by atoms with E-state index in [4.69, 9.17) is 5.11 Å². The highest BCUT2D eigenvalue weighted by Gasteiger charge is 2.25. The Bertz CT molecular complexity index is 283. The molecule has 0 spiro atoms. The number of ether oxygens (including phenoxy) is 1. The van der Waals surface area contributed by atoms with Crippen LogP contribution in [0.5, 0.6) is 0 Å². The second kappa shape index (κ2) is 8.05. The first-order chi connectivity index (χ1) is 8.67. The highest BCUT2D eigenvalue weighted by Crippen LogP contribution is 2.15. The van der Waals surface area contributed by atoms with Gasteiger partial charge in [0.1, 0.15) is 0 Å². The predicted octanol–water partition coefficient (Wildman–Crippen LogP) is -0.487. The third-order valence-corrected chi connectivity index (χ3v) is 3.16. The number of carbonyl (C=O) groups excluding carboxylic acids is 2. The van der Waals surface area contributed by atoms with Crippen molar-refractivity contribution in [3.05, 3.63) is 0 Å². The molecule has 0 aromatic carbocycles. The topological polar surface area (TPSA) is 78.9 Å². The van der Waals surface area contributed by atoms with Gasteiger partial charge in [-0.15, -0.1) is 0 Å². The second-order valence-corrected chi connectivity index (χ2v) is 4.48. The smallest absolute Gasteiger partial charge is 0.305 e. The molecule has 1 aliphatic heterocycles. The Kier molecular flexibility index (Phi) is 6.67. The molecule has 0 saturated carbocycles. The maximum absolute atomic E-state index is 11.6. The lowest BCUT2D eigenvalue weighted by Gasteiger charge is -2.21. The van der Waals surface area contributed by atoms with Crippen LogP contribution < -0.4 is 5.32 Å². The molecule has 0 unspecified atom stereocenters. The standard InChI is InChI=1S/C12H22N2O4/c1-18-12(17)5-2-6-13-11(16)8-14-7-3-4-10(14)9-15/h10,15H,2-9H2,1H3,(H,13,16)/t10-/m1/s1. The van der Waals surface area contributed by atoms with Crippen molar-refractivity contribution < 1.29 is 19.4 Å². The third kappa shape index (κ3) is 5.01. The number of hydrogen-bond acceptors (Lipinski definition) is 5. The fourth-order valence-corrected chi connectivity index (χ4v) is 2.11. The van der Waals surface area contributed by atoms with Crippen LogP contribution in [0, 0.1) is 0 Å². The third-order valence-electron chi connectivity index (χ3n) is 3.16. The molecule has 0 bridgehead atoms. The molecule has 6 nitrogen and oxygen atoms in total. The molecule has 0 radical (unpaired) electrons. The van der Waals surface area contributed by atoms with Crippen LogP contribution in [0.25, 0.3) is 0 Å². The monoisotopic (exact) mass is 258 g/mol. The zero-order chi connectivity index (χ0) is 13.4. The molecule has 1 saturated heterocycles. The largest absolute Gasteiger partial charge is 0.469 e. The van der Waals surface area contributed by atoms with E-state index in [1.165, 1.54) is 7.11 Å². The summed E-state index contributed by atoms with van der Waals surface area (Å²) in [5, 5.41) is 11.9. The van der Waals surface area contributed by atoms with Crippen LogP contribution in [0.2, 0.25) is 0 Å². The molecule has 2 N–H and O–H groups in total. The summed E-state index contributed by atoms with van der Waals surface area (Å²) in [4.78, 5) is 24.5. The number of nitrogens with one attached hydrogen (secondary N) is 1. The van der Waals surface area contributed by atoms with Gasteiger partial charge in [0.05, 0.1) is 20.3 Å². The van der Waals surface area contributed by atoms with Crippen molar-refractivity contribution in [2.45, 2.75) is 31.7 Å². The molecular formula is C12H22N2O4. The molecule has 1 fully saturated rings. The fraction of sp³-hybridized carbons (Fsp3) is 0.833. The van der Waals surface area contributed by atoms with Gasteiger partial charge in [-0.3, -0.25) is 14.5 Å². The van der Waals surface area contributed by atoms with E-state index in [1.807, 2.05) is 4.90 Å². The molecule has 0 aliphatic carbocycles. The van der Waals surface area contributed by atoms with E-state index in [1.54, 1.807) is 0 Å². The van der Waals surface area contributed by atoms with E-state index >= 15 is 0 Å². The van der Waals surface area contributed by atoms with Crippen molar-refractivity contribution in [1.29, 1.82) is 0 Å². The highest BCUT2D eigenvalue weighted by atomic mass is 16.5. The fourth-order valence-electron chi connectivity index (χ4n) is 2.11. The molecule has 0 aromatic heterocycles. The van der Waals surface area contributed by atoms with Crippen molar-refractivity contribution in [3.8, 4) is 0 Å². The minimum atomic E-state index is -0.260. The molecule has 0 aromatic rings. The van der Waals surface area contributed by atoms with Gasteiger partial charge in [0.2, 0.25) is 5.91 Å². The first-order valence-electron chi connectivity index (χ1n) is 6.35. The lowest BCUT2D eigenvalue weighted by Crippen LogP contribution is -2.41. The first kappa shape index (κ1) is 14.9. The van der Waals surface area contributed by atoms with Crippen molar-refractivity contribution in [3.63, 3.8) is 0 Å². The maximum Gasteiger partial charge on any atom is 0.305 e. The van der Waals surface area contributed by atoms with Gasteiger partial charge in [0.15, 0.2) is 0 Å². The van der Waals surface area contributed by atoms with Gasteiger partial charge in [-0.25, -0.2) is 0 Å². The minimum absolute atomic E-state index is 0.0554. The average molecular weight is 258 g/mol. The van der Waals surface area contributed by atoms with E-state index in [0.717, 1.165) is 19.4 Å². The molecule has 1 atom stereocenters. The molecular weight excluding hydrogens is 236 g/mol. The van der Waals surface area contributed by atoms with Gasteiger partial charge in [-0.2, -0.15) is 0 Å². The summed E-state index contributed by atoms with van der Waals surface area (Å²) in [5.74, 6) is -0.315. The summed E-state index contributed by atoms with van der Waals surface area (Å²) in [6, 6.07) is 0.116. The van der Waals surface area contributed by atoms with Gasteiger partial charge in [-0.05, 0) is 25.8 Å². The van der Waals surface area contributed by atoms with Crippen molar-refractivity contribution in [2.24, 2.45) is 0 Å². The second-order valence-electron chi connectivity index (χ2n) is 4.48. The van der Waals surface area contributed by atoms with Crippen LogP contribution in [0.15, 0.2) is 0 Å². The maximum atomic E-state index is 11.6. The number of carbonyl (C=O) groups is 2. The Labute approximate surface area is 107 Å². The summed E-state index contributed by atoms with van der Waals surface area (Å²) in [5.41, 5.74) is 0. The summed E-state index contributed by atoms with van der Waals surface area (Å²) >= 11 is 0. The summed E-state index contributed by atoms with van der Waals surface area (Å²) in [6.07, 6.45) is 2.88. The van der Waals surface area contributed by atoms with Crippen LogP contribution in [0.1, 0.15) is 25.7 Å². The van der Waals surface area contributed by atoms with E-state index in [2.05, 4.69) is 10.1 Å². The Morgan fingerprint density at radius 2 is 2.28 bits per heavy atom. The number of nitrogens with zero attached hydrogens (tertiary/aromatic N) is 1. The SMILES string of the molecule is COC(=O)CCCNC(=O)CN1CCC[C@@H]1CO. The van der Waals surface area contributed by atoms with E-state index in [0.29, 0.717) is 25.9 Å². The zero-order valence-corrected chi connectivity index (χ0v) is 10.9. The van der Waals surface area contributed by atoms with Crippen LogP contribution in [0.4, 0.5) is 0 Å². The summed E-state index contributed by atoms with van der Waals surface area (Å²) in [6.45, 7) is 1.77. The molecule has 18 heavy (non-hydrogen) atoms. The Balaban J connectivity index is 2.12. The summed E-state index contributed by atoms with van der Waals surface area (Å²) in [7, 11) is 1.35. The Hall–Kier alpha value is -1.14. The van der Waals surface area contributed by atoms with Crippen molar-refractivity contribution >= 4 is 11.9 Å². The van der Waals surface area contributed by atoms with E-state index in [9.17, 15) is 9.59 Å². The number of hydrogen-bond donors (Lipinski definition) is 2. The molecule has 1 amide bonds. The molecule has 104 valence electrons. The molecule has 1 rings (SSSR count). The van der Waals surface area contributed by atoms with E-state index < -0.39 is 0 Å². The summed E-state index contributed by atoms with van der Waals surface area (Å²) < 4.78 is 4.51. The van der Waals surface area contributed by atoms with Gasteiger partial charge in [0.25, 0.3) is 0 Å². The normalized spacial score (nSPS) is 19.8. The number of aliphatic hydroxyl groups is 1. The number of methoxy groups -OCH3 is 1. The lowest BCUT2D eigenvalue weighted by molar-refractivity contribution is -0.140. The number of aliphatic hydroxyl groups excluding tert-OH is 1. The number of likely N-dealkylation sites (tertiary alicyclic amines) is 1. The van der Waals surface area contributed by atoms with Gasteiger partial charge >= 0.3 is 5.97 Å². The van der Waals surface area contributed by atoms with Crippen molar-refractivity contribution in [2.75, 3.05) is 33.4 Å². The molecule has 6 heteroatoms. The average Bonchev–Trinajstić information content (AvgIpc) is 2.81. The van der Waals surface area contributed by atoms with Gasteiger partial charge in [-0.1, -0.05) is 0 Å².